The molecule has 0 saturated carbocycles. The quantitative estimate of drug-likeness (QED) is 0.596. The lowest BCUT2D eigenvalue weighted by Crippen LogP contribution is -2.53. The topological polar surface area (TPSA) is 47.9 Å². The van der Waals surface area contributed by atoms with Gasteiger partial charge >= 0.3 is 6.18 Å². The number of alkyl halides is 3. The molecule has 1 unspecified atom stereocenters. The zero-order valence-corrected chi connectivity index (χ0v) is 12.1. The van der Waals surface area contributed by atoms with E-state index in [4.69, 9.17) is 5.11 Å². The highest BCUT2D eigenvalue weighted by molar-refractivity contribution is 8.00. The summed E-state index contributed by atoms with van der Waals surface area (Å²) in [4.78, 5) is 5.89. The van der Waals surface area contributed by atoms with E-state index in [9.17, 15) is 13.2 Å². The Bertz CT molecular complexity index is 334. The smallest absolute Gasteiger partial charge is 0.382 e. The maximum Gasteiger partial charge on any atom is 0.416 e. The fourth-order valence-electron chi connectivity index (χ4n) is 1.83. The molecule has 1 aliphatic rings. The molecule has 0 amide bonds. The predicted octanol–water partition coefficient (Wildman–Crippen LogP) is 1.31. The molecule has 4 nitrogen and oxygen atoms in total. The third-order valence-electron chi connectivity index (χ3n) is 2.77. The predicted molar refractivity (Wildman–Crippen MR) is 71.5 cm³/mol. The lowest BCUT2D eigenvalue weighted by atomic mass is 10.2. The van der Waals surface area contributed by atoms with Crippen LogP contribution in [0.4, 0.5) is 13.2 Å². The first-order chi connectivity index (χ1) is 8.65. The summed E-state index contributed by atoms with van der Waals surface area (Å²) in [6, 6.07) is 0. The lowest BCUT2D eigenvalue weighted by molar-refractivity contribution is -0.201. The number of hydrogen-bond acceptors (Lipinski definition) is 3. The number of halogens is 3. The number of hydrogen-bond donors (Lipinski definition) is 2. The molecule has 1 aliphatic heterocycles. The second kappa shape index (κ2) is 6.21. The van der Waals surface area contributed by atoms with Crippen LogP contribution >= 0.6 is 11.8 Å². The highest BCUT2D eigenvalue weighted by Crippen LogP contribution is 2.29. The van der Waals surface area contributed by atoms with Gasteiger partial charge in [0.05, 0.1) is 6.54 Å². The molecule has 8 heteroatoms. The summed E-state index contributed by atoms with van der Waals surface area (Å²) in [7, 11) is 1.52. The molecular formula is C11H20F3N3OS. The molecule has 0 aromatic heterocycles. The van der Waals surface area contributed by atoms with Crippen LogP contribution in [-0.4, -0.2) is 65.4 Å². The summed E-state index contributed by atoms with van der Waals surface area (Å²) in [5.74, 6) is 1.30. The number of aliphatic hydroxyl groups is 1. The molecule has 1 heterocycles. The second-order valence-electron chi connectivity index (χ2n) is 5.02. The van der Waals surface area contributed by atoms with E-state index in [0.29, 0.717) is 12.5 Å². The van der Waals surface area contributed by atoms with Crippen molar-refractivity contribution >= 4 is 17.7 Å². The van der Waals surface area contributed by atoms with E-state index in [1.807, 2.05) is 16.7 Å². The van der Waals surface area contributed by atoms with E-state index in [-0.39, 0.29) is 4.75 Å². The van der Waals surface area contributed by atoms with Crippen molar-refractivity contribution < 1.29 is 18.3 Å². The Hall–Kier alpha value is -0.630. The molecule has 1 rings (SSSR count). The van der Waals surface area contributed by atoms with Gasteiger partial charge in [-0.2, -0.15) is 24.9 Å². The highest BCUT2D eigenvalue weighted by atomic mass is 32.2. The summed E-state index contributed by atoms with van der Waals surface area (Å²) in [6.07, 6.45) is -6.99. The number of nitrogens with zero attached hydrogens (tertiary/aromatic N) is 2. The minimum atomic E-state index is -4.61. The van der Waals surface area contributed by atoms with Crippen molar-refractivity contribution in [2.45, 2.75) is 30.9 Å². The average Bonchev–Trinajstić information content (AvgIpc) is 2.27. The molecule has 2 N–H and O–H groups in total. The Kier molecular flexibility index (Phi) is 5.37. The Balaban J connectivity index is 2.55. The first-order valence-electron chi connectivity index (χ1n) is 6.00. The van der Waals surface area contributed by atoms with E-state index >= 15 is 0 Å². The van der Waals surface area contributed by atoms with Gasteiger partial charge in [0, 0.05) is 30.6 Å². The van der Waals surface area contributed by atoms with Gasteiger partial charge in [-0.3, -0.25) is 4.99 Å². The van der Waals surface area contributed by atoms with Crippen LogP contribution in [0.15, 0.2) is 4.99 Å². The zero-order chi connectivity index (χ0) is 14.7. The van der Waals surface area contributed by atoms with Gasteiger partial charge < -0.3 is 15.3 Å². The largest absolute Gasteiger partial charge is 0.416 e. The second-order valence-corrected chi connectivity index (χ2v) is 6.82. The van der Waals surface area contributed by atoms with E-state index < -0.39 is 18.8 Å². The van der Waals surface area contributed by atoms with E-state index in [0.717, 1.165) is 12.3 Å². The first kappa shape index (κ1) is 16.4. The van der Waals surface area contributed by atoms with E-state index in [2.05, 4.69) is 24.2 Å². The maximum atomic E-state index is 12.2. The van der Waals surface area contributed by atoms with Crippen LogP contribution < -0.4 is 5.32 Å². The van der Waals surface area contributed by atoms with Crippen LogP contribution in [-0.2, 0) is 0 Å². The third-order valence-corrected chi connectivity index (χ3v) is 4.07. The van der Waals surface area contributed by atoms with Crippen molar-refractivity contribution in [3.63, 3.8) is 0 Å². The van der Waals surface area contributed by atoms with Crippen LogP contribution in [0, 0.1) is 0 Å². The molecule has 1 saturated heterocycles. The van der Waals surface area contributed by atoms with E-state index in [1.54, 1.807) is 0 Å². The minimum absolute atomic E-state index is 0.0402. The van der Waals surface area contributed by atoms with Gasteiger partial charge in [0.1, 0.15) is 0 Å². The molecule has 0 spiro atoms. The number of rotatable bonds is 2. The number of aliphatic hydroxyl groups excluding tert-OH is 1. The standard InChI is InChI=1S/C11H20F3N3OS/c1-10(2)7-17(4-5-19-10)9(15-3)16-6-8(18)11(12,13)14/h8,18H,4-7H2,1-3H3,(H,15,16). The van der Waals surface area contributed by atoms with Crippen LogP contribution in [0.1, 0.15) is 13.8 Å². The number of guanidine groups is 1. The summed E-state index contributed by atoms with van der Waals surface area (Å²) in [6.45, 7) is 5.03. The van der Waals surface area contributed by atoms with Gasteiger partial charge in [0.2, 0.25) is 0 Å². The molecule has 1 atom stereocenters. The molecule has 0 bridgehead atoms. The van der Waals surface area contributed by atoms with Gasteiger partial charge in [0.25, 0.3) is 0 Å². The summed E-state index contributed by atoms with van der Waals surface area (Å²) in [5, 5.41) is 11.5. The van der Waals surface area contributed by atoms with Gasteiger partial charge in [-0.15, -0.1) is 0 Å². The summed E-state index contributed by atoms with van der Waals surface area (Å²) in [5.41, 5.74) is 0. The van der Waals surface area contributed by atoms with Crippen LogP contribution in [0.5, 0.6) is 0 Å². The number of aliphatic imine (C=N–C) groups is 1. The van der Waals surface area contributed by atoms with Gasteiger partial charge in [-0.25, -0.2) is 0 Å². The third kappa shape index (κ3) is 5.10. The number of nitrogens with one attached hydrogen (secondary N) is 1. The maximum absolute atomic E-state index is 12.2. The van der Waals surface area contributed by atoms with Crippen LogP contribution in [0.2, 0.25) is 0 Å². The normalized spacial score (nSPS) is 22.3. The molecule has 0 aromatic rings. The van der Waals surface area contributed by atoms with Gasteiger partial charge in [-0.05, 0) is 13.8 Å². The summed E-state index contributed by atoms with van der Waals surface area (Å²) >= 11 is 1.83. The molecular weight excluding hydrogens is 279 g/mol. The lowest BCUT2D eigenvalue weighted by Gasteiger charge is -2.39. The van der Waals surface area contributed by atoms with Crippen molar-refractivity contribution in [2.24, 2.45) is 4.99 Å². The highest BCUT2D eigenvalue weighted by Gasteiger charge is 2.38. The molecule has 19 heavy (non-hydrogen) atoms. The number of thioether (sulfide) groups is 1. The van der Waals surface area contributed by atoms with Crippen molar-refractivity contribution in [1.29, 1.82) is 0 Å². The fourth-order valence-corrected chi connectivity index (χ4v) is 2.94. The average molecular weight is 299 g/mol. The molecule has 0 aliphatic carbocycles. The minimum Gasteiger partial charge on any atom is -0.382 e. The molecule has 112 valence electrons. The summed E-state index contributed by atoms with van der Waals surface area (Å²) < 4.78 is 36.7. The van der Waals surface area contributed by atoms with E-state index in [1.165, 1.54) is 7.05 Å². The van der Waals surface area contributed by atoms with Gasteiger partial charge in [0.15, 0.2) is 12.1 Å². The SMILES string of the molecule is CN=C(NCC(O)C(F)(F)F)N1CCSC(C)(C)C1. The van der Waals surface area contributed by atoms with Crippen molar-refractivity contribution in [2.75, 3.05) is 32.4 Å². The molecule has 0 radical (unpaired) electrons. The molecule has 1 fully saturated rings. The van der Waals surface area contributed by atoms with Crippen molar-refractivity contribution in [3.05, 3.63) is 0 Å². The molecule has 0 aromatic carbocycles. The van der Waals surface area contributed by atoms with Crippen molar-refractivity contribution in [3.8, 4) is 0 Å². The Morgan fingerprint density at radius 1 is 1.53 bits per heavy atom. The van der Waals surface area contributed by atoms with Gasteiger partial charge in [-0.1, -0.05) is 0 Å². The Morgan fingerprint density at radius 2 is 2.16 bits per heavy atom. The van der Waals surface area contributed by atoms with Crippen LogP contribution in [0.3, 0.4) is 0 Å². The fraction of sp³-hybridized carbons (Fsp3) is 0.909. The first-order valence-corrected chi connectivity index (χ1v) is 6.98. The van der Waals surface area contributed by atoms with Crippen molar-refractivity contribution in [1.82, 2.24) is 10.2 Å². The zero-order valence-electron chi connectivity index (χ0n) is 11.3. The van der Waals surface area contributed by atoms with Crippen LogP contribution in [0.25, 0.3) is 0 Å². The Morgan fingerprint density at radius 3 is 2.63 bits per heavy atom. The monoisotopic (exact) mass is 299 g/mol. The Labute approximate surface area is 115 Å².